The number of benzene rings is 1. The number of carbonyl (C=O) groups excluding carboxylic acids is 1. The molecule has 2 unspecified atom stereocenters. The molecule has 3 nitrogen and oxygen atoms in total. The van der Waals surface area contributed by atoms with E-state index >= 15 is 0 Å². The van der Waals surface area contributed by atoms with Gasteiger partial charge in [-0.15, -0.1) is 11.3 Å². The summed E-state index contributed by atoms with van der Waals surface area (Å²) in [6, 6.07) is 6.05. The Morgan fingerprint density at radius 2 is 2.25 bits per heavy atom. The number of carbonyl (C=O) groups is 1. The van der Waals surface area contributed by atoms with E-state index in [0.717, 1.165) is 23.1 Å². The Morgan fingerprint density at radius 1 is 1.40 bits per heavy atom. The molecule has 4 rings (SSSR count). The zero-order chi connectivity index (χ0) is 13.9. The molecule has 20 heavy (non-hydrogen) atoms. The number of hydrogen-bond acceptors (Lipinski definition) is 3. The molecule has 1 aromatic carbocycles. The highest BCUT2D eigenvalue weighted by atomic mass is 35.5. The average Bonchev–Trinajstić information content (AvgIpc) is 3.13. The van der Waals surface area contributed by atoms with Gasteiger partial charge in [-0.2, -0.15) is 0 Å². The summed E-state index contributed by atoms with van der Waals surface area (Å²) in [5.74, 6) is 0.806. The fraction of sp³-hybridized carbons (Fsp3) is 0.400. The van der Waals surface area contributed by atoms with Gasteiger partial charge in [0.05, 0.1) is 5.69 Å². The Balaban J connectivity index is 1.75. The van der Waals surface area contributed by atoms with Crippen molar-refractivity contribution in [1.82, 2.24) is 4.90 Å². The van der Waals surface area contributed by atoms with Crippen molar-refractivity contribution in [2.24, 2.45) is 5.92 Å². The van der Waals surface area contributed by atoms with Crippen LogP contribution in [-0.2, 0) is 0 Å². The second-order valence-electron chi connectivity index (χ2n) is 5.78. The smallest absolute Gasteiger partial charge is 0.266 e. The van der Waals surface area contributed by atoms with E-state index in [4.69, 9.17) is 17.3 Å². The van der Waals surface area contributed by atoms with E-state index in [1.54, 1.807) is 0 Å². The molecule has 2 bridgehead atoms. The van der Waals surface area contributed by atoms with E-state index in [1.807, 2.05) is 23.1 Å². The van der Waals surface area contributed by atoms with E-state index in [9.17, 15) is 4.79 Å². The van der Waals surface area contributed by atoms with Crippen molar-refractivity contribution in [1.29, 1.82) is 0 Å². The van der Waals surface area contributed by atoms with E-state index < -0.39 is 0 Å². The molecule has 2 N–H and O–H groups in total. The van der Waals surface area contributed by atoms with Crippen molar-refractivity contribution in [3.63, 3.8) is 0 Å². The first kappa shape index (κ1) is 12.5. The van der Waals surface area contributed by atoms with Crippen LogP contribution in [0, 0.1) is 5.92 Å². The lowest BCUT2D eigenvalue weighted by atomic mass is 10.1. The number of piperidine rings is 1. The van der Waals surface area contributed by atoms with Gasteiger partial charge in [0.15, 0.2) is 0 Å². The summed E-state index contributed by atoms with van der Waals surface area (Å²) in [5, 5.41) is 1.55. The summed E-state index contributed by atoms with van der Waals surface area (Å²) in [6.45, 7) is 0.901. The third-order valence-corrected chi connectivity index (χ3v) is 5.96. The van der Waals surface area contributed by atoms with Crippen LogP contribution in [0.25, 0.3) is 10.1 Å². The van der Waals surface area contributed by atoms with Gasteiger partial charge in [0.2, 0.25) is 0 Å². The first-order valence-corrected chi connectivity index (χ1v) is 8.11. The fourth-order valence-electron chi connectivity index (χ4n) is 3.55. The largest absolute Gasteiger partial charge is 0.397 e. The number of rotatable bonds is 1. The number of nitrogens with two attached hydrogens (primary N) is 1. The normalized spacial score (nSPS) is 24.8. The molecule has 1 aliphatic heterocycles. The summed E-state index contributed by atoms with van der Waals surface area (Å²) < 4.78 is 1.03. The summed E-state index contributed by atoms with van der Waals surface area (Å²) in [5.41, 5.74) is 6.76. The van der Waals surface area contributed by atoms with Crippen LogP contribution in [0.1, 0.15) is 28.9 Å². The van der Waals surface area contributed by atoms with Crippen molar-refractivity contribution in [3.05, 3.63) is 28.1 Å². The Labute approximate surface area is 126 Å². The monoisotopic (exact) mass is 306 g/mol. The van der Waals surface area contributed by atoms with Crippen LogP contribution in [-0.4, -0.2) is 23.4 Å². The number of anilines is 1. The zero-order valence-corrected chi connectivity index (χ0v) is 12.5. The summed E-state index contributed by atoms with van der Waals surface area (Å²) in [7, 11) is 0. The van der Waals surface area contributed by atoms with E-state index in [1.165, 1.54) is 24.2 Å². The van der Waals surface area contributed by atoms with Crippen molar-refractivity contribution >= 4 is 44.6 Å². The predicted molar refractivity (Wildman–Crippen MR) is 83.4 cm³/mol. The molecule has 1 amide bonds. The highest BCUT2D eigenvalue weighted by molar-refractivity contribution is 7.21. The number of amides is 1. The summed E-state index contributed by atoms with van der Waals surface area (Å²) >= 11 is 7.49. The molecule has 1 aromatic heterocycles. The number of thiophene rings is 1. The average molecular weight is 307 g/mol. The Hall–Kier alpha value is -1.26. The minimum atomic E-state index is 0.104. The third-order valence-electron chi connectivity index (χ3n) is 4.55. The standard InChI is InChI=1S/C15H15ClN2OS/c16-9-2-4-12-11(6-9)13(17)14(20-12)15(19)18-7-8-1-3-10(18)5-8/h2,4,6,8,10H,1,3,5,7,17H2. The topological polar surface area (TPSA) is 46.3 Å². The quantitative estimate of drug-likeness (QED) is 0.872. The molecule has 1 saturated carbocycles. The van der Waals surface area contributed by atoms with Crippen molar-refractivity contribution in [2.45, 2.75) is 25.3 Å². The van der Waals surface area contributed by atoms with Gasteiger partial charge in [-0.05, 0) is 43.4 Å². The van der Waals surface area contributed by atoms with Crippen molar-refractivity contribution in [2.75, 3.05) is 12.3 Å². The van der Waals surface area contributed by atoms with E-state index in [2.05, 4.69) is 0 Å². The first-order chi connectivity index (χ1) is 9.63. The fourth-order valence-corrected chi connectivity index (χ4v) is 4.78. The summed E-state index contributed by atoms with van der Waals surface area (Å²) in [4.78, 5) is 15.4. The minimum Gasteiger partial charge on any atom is -0.397 e. The lowest BCUT2D eigenvalue weighted by Crippen LogP contribution is -2.37. The first-order valence-electron chi connectivity index (χ1n) is 6.92. The van der Waals surface area contributed by atoms with Crippen LogP contribution in [0.4, 0.5) is 5.69 Å². The molecule has 2 heterocycles. The number of nitrogen functional groups attached to an aromatic ring is 1. The molecular weight excluding hydrogens is 292 g/mol. The maximum atomic E-state index is 12.7. The predicted octanol–water partition coefficient (Wildman–Crippen LogP) is 3.76. The van der Waals surface area contributed by atoms with Gasteiger partial charge in [-0.1, -0.05) is 11.6 Å². The molecule has 2 aliphatic rings. The van der Waals surface area contributed by atoms with Gasteiger partial charge in [0.25, 0.3) is 5.91 Å². The molecule has 1 aliphatic carbocycles. The van der Waals surface area contributed by atoms with E-state index in [-0.39, 0.29) is 5.91 Å². The lowest BCUT2D eigenvalue weighted by Gasteiger charge is -2.26. The van der Waals surface area contributed by atoms with Gasteiger partial charge in [-0.25, -0.2) is 0 Å². The van der Waals surface area contributed by atoms with Crippen molar-refractivity contribution in [3.8, 4) is 0 Å². The number of fused-ring (bicyclic) bond motifs is 3. The molecule has 0 radical (unpaired) electrons. The molecule has 104 valence electrons. The second kappa shape index (κ2) is 4.37. The number of halogens is 1. The number of hydrogen-bond donors (Lipinski definition) is 1. The Bertz CT molecular complexity index is 711. The van der Waals surface area contributed by atoms with Gasteiger partial charge in [0.1, 0.15) is 4.88 Å². The molecule has 2 fully saturated rings. The maximum absolute atomic E-state index is 12.7. The van der Waals surface area contributed by atoms with Gasteiger partial charge < -0.3 is 10.6 Å². The van der Waals surface area contributed by atoms with Crippen LogP contribution in [0.5, 0.6) is 0 Å². The Morgan fingerprint density at radius 3 is 2.95 bits per heavy atom. The van der Waals surface area contributed by atoms with Crippen LogP contribution in [0.2, 0.25) is 5.02 Å². The molecule has 1 saturated heterocycles. The highest BCUT2D eigenvalue weighted by Crippen LogP contribution is 2.41. The number of likely N-dealkylation sites (tertiary alicyclic amines) is 1. The Kier molecular flexibility index (Phi) is 2.72. The molecule has 2 atom stereocenters. The maximum Gasteiger partial charge on any atom is 0.266 e. The van der Waals surface area contributed by atoms with Crippen molar-refractivity contribution < 1.29 is 4.79 Å². The summed E-state index contributed by atoms with van der Waals surface area (Å²) in [6.07, 6.45) is 3.58. The number of nitrogens with zero attached hydrogens (tertiary/aromatic N) is 1. The van der Waals surface area contributed by atoms with Crippen LogP contribution < -0.4 is 5.73 Å². The molecule has 0 spiro atoms. The SMILES string of the molecule is Nc1c(C(=O)N2CC3CCC2C3)sc2ccc(Cl)cc12. The van der Waals surface area contributed by atoms with Gasteiger partial charge >= 0.3 is 0 Å². The lowest BCUT2D eigenvalue weighted by molar-refractivity contribution is 0.0709. The molecule has 5 heteroatoms. The zero-order valence-electron chi connectivity index (χ0n) is 10.9. The van der Waals surface area contributed by atoms with Crippen LogP contribution in [0.3, 0.4) is 0 Å². The van der Waals surface area contributed by atoms with E-state index in [0.29, 0.717) is 27.5 Å². The third kappa shape index (κ3) is 1.75. The second-order valence-corrected chi connectivity index (χ2v) is 7.26. The molecule has 2 aromatic rings. The van der Waals surface area contributed by atoms with Gasteiger partial charge in [-0.3, -0.25) is 4.79 Å². The van der Waals surface area contributed by atoms with Crippen LogP contribution in [0.15, 0.2) is 18.2 Å². The highest BCUT2D eigenvalue weighted by Gasteiger charge is 2.41. The molecular formula is C15H15ClN2OS. The minimum absolute atomic E-state index is 0.104. The van der Waals surface area contributed by atoms with Crippen LogP contribution >= 0.6 is 22.9 Å². The van der Waals surface area contributed by atoms with Gasteiger partial charge in [0, 0.05) is 27.7 Å².